The Labute approximate surface area is 667 Å². The molecule has 0 unspecified atom stereocenters. The number of nitrogens with zero attached hydrogens (tertiary/aromatic N) is 13. The van der Waals surface area contributed by atoms with Crippen molar-refractivity contribution in [3.05, 3.63) is 185 Å². The van der Waals surface area contributed by atoms with Crippen molar-refractivity contribution in [2.24, 2.45) is 11.7 Å². The van der Waals surface area contributed by atoms with Crippen LogP contribution in [0.15, 0.2) is 140 Å². The summed E-state index contributed by atoms with van der Waals surface area (Å²) in [7, 11) is -2.88. The lowest BCUT2D eigenvalue weighted by atomic mass is 9.85. The normalized spacial score (nSPS) is 12.5. The second-order valence-electron chi connectivity index (χ2n) is 29.9. The SMILES string of the molecule is C.C.CCCCc1nc2c(N)nc3ccccc3c2n1Cc1ccc(CN)cc1.CCCCc1nc2c(N)nc3ccccc3c2n1Cc1cccc(CC)c1.CCCCc1nc2c(N)nc3cccnc3c2n1CCCCCC(=O)CC1CCCCC1.CCc1nc2c(N)nc3ccccc3c2n1CCCCCS(C)(=O)=O. The van der Waals surface area contributed by atoms with Gasteiger partial charge in [0, 0.05) is 106 Å². The van der Waals surface area contributed by atoms with Crippen molar-refractivity contribution in [1.29, 1.82) is 0 Å². The number of fused-ring (bicyclic) bond motifs is 12. The van der Waals surface area contributed by atoms with Crippen LogP contribution in [-0.4, -0.2) is 89.3 Å². The molecule has 15 rings (SSSR count). The Bertz CT molecular complexity index is 5620. The van der Waals surface area contributed by atoms with Crippen molar-refractivity contribution in [2.45, 2.75) is 236 Å². The fourth-order valence-corrected chi connectivity index (χ4v) is 16.4. The smallest absolute Gasteiger partial charge is 0.152 e. The van der Waals surface area contributed by atoms with Gasteiger partial charge in [-0.25, -0.2) is 48.3 Å². The van der Waals surface area contributed by atoms with Crippen LogP contribution in [0, 0.1) is 5.92 Å². The first kappa shape index (κ1) is 85.0. The van der Waals surface area contributed by atoms with Gasteiger partial charge in [-0.3, -0.25) is 9.78 Å². The summed E-state index contributed by atoms with van der Waals surface area (Å²) in [5.74, 6) is 7.53. The van der Waals surface area contributed by atoms with Gasteiger partial charge in [0.15, 0.2) is 23.3 Å². The van der Waals surface area contributed by atoms with Crippen LogP contribution in [-0.2, 0) is 79.5 Å². The number of carbonyl (C=O) groups excluding carboxylic acids is 1. The quantitative estimate of drug-likeness (QED) is 0.0261. The number of rotatable bonds is 30. The van der Waals surface area contributed by atoms with Crippen LogP contribution in [0.5, 0.6) is 0 Å². The number of anilines is 4. The molecule has 0 bridgehead atoms. The van der Waals surface area contributed by atoms with Crippen LogP contribution in [0.25, 0.3) is 87.9 Å². The Morgan fingerprint density at radius 1 is 0.425 bits per heavy atom. The number of nitrogen functional groups attached to an aromatic ring is 4. The van der Waals surface area contributed by atoms with E-state index < -0.39 is 9.84 Å². The number of benzene rings is 5. The molecule has 0 atom stereocenters. The van der Waals surface area contributed by atoms with Crippen molar-refractivity contribution in [1.82, 2.24) is 63.1 Å². The zero-order chi connectivity index (χ0) is 78.0. The van der Waals surface area contributed by atoms with E-state index in [1.165, 1.54) is 55.1 Å². The number of aromatic nitrogens is 13. The van der Waals surface area contributed by atoms with E-state index in [0.29, 0.717) is 47.9 Å². The highest BCUT2D eigenvalue weighted by molar-refractivity contribution is 7.90. The van der Waals surface area contributed by atoms with Gasteiger partial charge in [0.2, 0.25) is 0 Å². The summed E-state index contributed by atoms with van der Waals surface area (Å²) in [6.45, 7) is 14.7. The van der Waals surface area contributed by atoms with E-state index in [-0.39, 0.29) is 20.6 Å². The summed E-state index contributed by atoms with van der Waals surface area (Å²) in [6, 6.07) is 45.4. The molecule has 598 valence electrons. The molecule has 1 saturated carbocycles. The number of ketones is 1. The number of Topliss-reactive ketones (excluding diaryl/α,β-unsaturated/α-hetero) is 1. The molecule has 1 aliphatic carbocycles. The standard InChI is InChI=1S/C26H37N5O.C23H26N4.C22H25N5.C18H24N4O2S.2CH4/c1-2-3-15-22-30-24-25(23-21(29-26(24)27)14-10-16-28-23)31(22)17-9-5-8-13-20(32)18-19-11-6-4-7-12-19;1-3-5-13-20-26-21-22(18-11-6-7-12-19(18)25-23(21)24)27(20)15-17-10-8-9-16(4-2)14-17;1-2-3-8-19-26-20-21(17-6-4-5-7-18(17)25-22(20)24)27(19)14-16-11-9-15(13-23)10-12-16;1-3-15-21-16-17(13-9-5-6-10-14(13)20-18(16)19)22(15)11-7-4-8-12-25(2,23)24;;/h10,14,16,19H,2-9,11-13,15,17-18H2,1H3,(H2,27,29);6-12,14H,3-5,13,15H2,1-2H3,(H2,24,25);4-7,9-12H,2-3,8,13-14,23H2,1H3,(H2,24,25);5-6,9-10H,3-4,7-8,11-12H2,1-2H3,(H2,19,20);2*1H4. The summed E-state index contributed by atoms with van der Waals surface area (Å²) in [6.07, 6.45) is 28.0. The van der Waals surface area contributed by atoms with Crippen molar-refractivity contribution in [3.8, 4) is 0 Å². The number of para-hydroxylation sites is 3. The molecule has 1 aliphatic rings. The number of carbonyl (C=O) groups is 1. The number of aryl methyl sites for hydroxylation is 7. The van der Waals surface area contributed by atoms with Crippen LogP contribution in [0.4, 0.5) is 23.3 Å². The lowest BCUT2D eigenvalue weighted by Gasteiger charge is -2.20. The Morgan fingerprint density at radius 2 is 0.858 bits per heavy atom. The average Bonchev–Trinajstić information content (AvgIpc) is 1.65. The molecule has 113 heavy (non-hydrogen) atoms. The summed E-state index contributed by atoms with van der Waals surface area (Å²) in [4.78, 5) is 54.5. The Morgan fingerprint density at radius 3 is 1.35 bits per heavy atom. The number of sulfone groups is 1. The number of nitrogens with two attached hydrogens (primary N) is 5. The van der Waals surface area contributed by atoms with Crippen LogP contribution < -0.4 is 28.7 Å². The first-order valence-electron chi connectivity index (χ1n) is 40.5. The second kappa shape index (κ2) is 40.3. The Hall–Kier alpha value is -10.5. The molecule has 0 radical (unpaired) electrons. The minimum absolute atomic E-state index is 0. The molecule has 9 heterocycles. The van der Waals surface area contributed by atoms with Gasteiger partial charge in [0.25, 0.3) is 0 Å². The van der Waals surface area contributed by atoms with E-state index in [0.717, 1.165) is 258 Å². The molecular weight excluding hydrogens is 1430 g/mol. The molecule has 0 aliphatic heterocycles. The maximum atomic E-state index is 12.4. The fourth-order valence-electron chi connectivity index (χ4n) is 15.6. The minimum atomic E-state index is -2.88. The van der Waals surface area contributed by atoms with E-state index in [2.05, 4.69) is 145 Å². The number of pyridine rings is 5. The second-order valence-corrected chi connectivity index (χ2v) is 32.2. The summed E-state index contributed by atoms with van der Waals surface area (Å²) in [5.41, 5.74) is 47.5. The van der Waals surface area contributed by atoms with E-state index in [9.17, 15) is 13.2 Å². The van der Waals surface area contributed by atoms with Crippen LogP contribution in [0.1, 0.15) is 217 Å². The number of unbranched alkanes of at least 4 members (excludes halogenated alkanes) is 7. The molecule has 14 aromatic rings. The molecule has 1 fully saturated rings. The van der Waals surface area contributed by atoms with Gasteiger partial charge in [-0.05, 0) is 110 Å². The van der Waals surface area contributed by atoms with E-state index in [4.69, 9.17) is 48.6 Å². The Balaban J connectivity index is 0.000000159. The third-order valence-corrected chi connectivity index (χ3v) is 22.5. The molecule has 9 aromatic heterocycles. The molecule has 10 N–H and O–H groups in total. The highest BCUT2D eigenvalue weighted by Gasteiger charge is 2.24. The first-order chi connectivity index (χ1) is 54.0. The van der Waals surface area contributed by atoms with Gasteiger partial charge in [-0.1, -0.05) is 217 Å². The average molecular weight is 1550 g/mol. The molecule has 21 nitrogen and oxygen atoms in total. The zero-order valence-electron chi connectivity index (χ0n) is 65.9. The predicted octanol–water partition coefficient (Wildman–Crippen LogP) is 19.4. The summed E-state index contributed by atoms with van der Waals surface area (Å²) in [5, 5.41) is 3.26. The fraction of sp³-hybridized carbons (Fsp3) is 0.429. The molecular formula is C91H120N18O3S. The van der Waals surface area contributed by atoms with Crippen LogP contribution >= 0.6 is 0 Å². The highest BCUT2D eigenvalue weighted by Crippen LogP contribution is 2.35. The zero-order valence-corrected chi connectivity index (χ0v) is 66.7. The van der Waals surface area contributed by atoms with Gasteiger partial charge in [0.05, 0.1) is 38.6 Å². The van der Waals surface area contributed by atoms with Crippen molar-refractivity contribution in [2.75, 3.05) is 34.9 Å². The lowest BCUT2D eigenvalue weighted by molar-refractivity contribution is -0.120. The van der Waals surface area contributed by atoms with Gasteiger partial charge < -0.3 is 46.9 Å². The molecule has 0 spiro atoms. The van der Waals surface area contributed by atoms with Crippen LogP contribution in [0.2, 0.25) is 0 Å². The summed E-state index contributed by atoms with van der Waals surface area (Å²) < 4.78 is 31.7. The highest BCUT2D eigenvalue weighted by atomic mass is 32.2. The topological polar surface area (TPSA) is 317 Å². The molecule has 0 saturated heterocycles. The Kier molecular flexibility index (Phi) is 30.3. The monoisotopic (exact) mass is 1540 g/mol. The van der Waals surface area contributed by atoms with Crippen LogP contribution in [0.3, 0.4) is 0 Å². The largest absolute Gasteiger partial charge is 0.382 e. The van der Waals surface area contributed by atoms with Gasteiger partial charge in [-0.15, -0.1) is 0 Å². The first-order valence-corrected chi connectivity index (χ1v) is 42.6. The maximum Gasteiger partial charge on any atom is 0.152 e. The van der Waals surface area contributed by atoms with E-state index in [1.807, 2.05) is 66.7 Å². The third kappa shape index (κ3) is 20.7. The number of hydrogen-bond acceptors (Lipinski definition) is 17. The maximum absolute atomic E-state index is 12.4. The number of imidazole rings is 4. The summed E-state index contributed by atoms with van der Waals surface area (Å²) >= 11 is 0. The minimum Gasteiger partial charge on any atom is -0.382 e. The van der Waals surface area contributed by atoms with E-state index in [1.54, 1.807) is 6.20 Å². The van der Waals surface area contributed by atoms with Crippen molar-refractivity contribution in [3.63, 3.8) is 0 Å². The van der Waals surface area contributed by atoms with Gasteiger partial charge in [0.1, 0.15) is 72.0 Å². The predicted molar refractivity (Wildman–Crippen MR) is 471 cm³/mol. The number of hydrogen-bond donors (Lipinski definition) is 5. The van der Waals surface area contributed by atoms with Crippen molar-refractivity contribution >= 4 is 127 Å². The van der Waals surface area contributed by atoms with Crippen molar-refractivity contribution < 1.29 is 13.2 Å². The van der Waals surface area contributed by atoms with Gasteiger partial charge >= 0.3 is 0 Å². The lowest BCUT2D eigenvalue weighted by Crippen LogP contribution is -2.12. The molecule has 22 heteroatoms. The third-order valence-electron chi connectivity index (χ3n) is 21.5. The molecule has 5 aromatic carbocycles. The van der Waals surface area contributed by atoms with E-state index >= 15 is 0 Å². The molecule has 0 amide bonds. The van der Waals surface area contributed by atoms with Gasteiger partial charge in [-0.2, -0.15) is 0 Å².